The molecule has 2 atom stereocenters. The molecule has 0 fully saturated rings. The van der Waals surface area contributed by atoms with E-state index in [2.05, 4.69) is 10.6 Å². The summed E-state index contributed by atoms with van der Waals surface area (Å²) in [4.78, 5) is 35.8. The van der Waals surface area contributed by atoms with E-state index in [1.54, 1.807) is 20.8 Å². The van der Waals surface area contributed by atoms with Crippen LogP contribution in [0.4, 0.5) is 4.79 Å². The molecule has 144 valence electrons. The van der Waals surface area contributed by atoms with Crippen molar-refractivity contribution in [3.05, 3.63) is 35.9 Å². The van der Waals surface area contributed by atoms with Crippen molar-refractivity contribution in [2.24, 2.45) is 0 Å². The first-order chi connectivity index (χ1) is 12.1. The van der Waals surface area contributed by atoms with Crippen LogP contribution in [0.15, 0.2) is 30.3 Å². The van der Waals surface area contributed by atoms with Crippen LogP contribution in [-0.2, 0) is 25.7 Å². The van der Waals surface area contributed by atoms with Crippen LogP contribution in [0, 0.1) is 0 Å². The normalized spacial score (nSPS) is 13.3. The van der Waals surface area contributed by atoms with Crippen LogP contribution in [0.2, 0.25) is 0 Å². The Balaban J connectivity index is 2.49. The maximum absolute atomic E-state index is 12.1. The lowest BCUT2D eigenvalue weighted by atomic mass is 10.2. The minimum atomic E-state index is -1.24. The van der Waals surface area contributed by atoms with Crippen LogP contribution in [0.3, 0.4) is 0 Å². The molecule has 0 unspecified atom stereocenters. The summed E-state index contributed by atoms with van der Waals surface area (Å²) < 4.78 is 10.2. The summed E-state index contributed by atoms with van der Waals surface area (Å²) in [6.45, 7) is 5.91. The van der Waals surface area contributed by atoms with E-state index in [0.29, 0.717) is 0 Å². The molecule has 0 aliphatic rings. The number of carbonyl (C=O) groups excluding carboxylic acids is 3. The van der Waals surface area contributed by atoms with Gasteiger partial charge < -0.3 is 25.2 Å². The van der Waals surface area contributed by atoms with Crippen LogP contribution in [-0.4, -0.2) is 47.4 Å². The lowest BCUT2D eigenvalue weighted by Gasteiger charge is -2.23. The first-order valence-electron chi connectivity index (χ1n) is 8.23. The summed E-state index contributed by atoms with van der Waals surface area (Å²) in [6.07, 6.45) is -0.842. The highest BCUT2D eigenvalue weighted by Gasteiger charge is 2.26. The van der Waals surface area contributed by atoms with Crippen molar-refractivity contribution in [2.45, 2.75) is 52.0 Å². The summed E-state index contributed by atoms with van der Waals surface area (Å²) in [5, 5.41) is 13.9. The highest BCUT2D eigenvalue weighted by Crippen LogP contribution is 2.07. The van der Waals surface area contributed by atoms with Gasteiger partial charge in [-0.1, -0.05) is 30.3 Å². The third-order valence-corrected chi connectivity index (χ3v) is 3.13. The van der Waals surface area contributed by atoms with E-state index in [1.807, 2.05) is 30.3 Å². The second-order valence-electron chi connectivity index (χ2n) is 6.70. The molecule has 0 aliphatic heterocycles. The third kappa shape index (κ3) is 7.98. The molecule has 8 nitrogen and oxygen atoms in total. The van der Waals surface area contributed by atoms with E-state index in [1.165, 1.54) is 6.92 Å². The molecule has 0 spiro atoms. The van der Waals surface area contributed by atoms with Gasteiger partial charge >= 0.3 is 12.1 Å². The zero-order chi connectivity index (χ0) is 19.7. The molecule has 26 heavy (non-hydrogen) atoms. The number of amides is 2. The molecular formula is C18H26N2O6. The number of nitrogens with one attached hydrogen (secondary N) is 2. The van der Waals surface area contributed by atoms with Crippen molar-refractivity contribution < 1.29 is 29.0 Å². The zero-order valence-electron chi connectivity index (χ0n) is 15.4. The summed E-state index contributed by atoms with van der Waals surface area (Å²) in [5.41, 5.74) is 0.0777. The van der Waals surface area contributed by atoms with Gasteiger partial charge in [0.15, 0.2) is 0 Å². The van der Waals surface area contributed by atoms with Crippen LogP contribution in [0.5, 0.6) is 0 Å². The Hall–Kier alpha value is -2.61. The molecular weight excluding hydrogens is 340 g/mol. The Morgan fingerprint density at radius 3 is 2.27 bits per heavy atom. The molecule has 8 heteroatoms. The van der Waals surface area contributed by atoms with Crippen molar-refractivity contribution in [2.75, 3.05) is 6.61 Å². The lowest BCUT2D eigenvalue weighted by molar-refractivity contribution is -0.148. The average molecular weight is 366 g/mol. The van der Waals surface area contributed by atoms with Crippen molar-refractivity contribution in [1.82, 2.24) is 10.6 Å². The standard InChI is InChI=1S/C18H26N2O6/c1-12(16(23)25-11-13-8-6-5-7-9-13)19-15(22)14(10-21)20-17(24)26-18(2,3)4/h5-9,12,14,21H,10-11H2,1-4H3,(H,19,22)(H,20,24)/t12-,14-/m1/s1. The number of esters is 1. The maximum Gasteiger partial charge on any atom is 0.408 e. The number of carbonyl (C=O) groups is 3. The summed E-state index contributed by atoms with van der Waals surface area (Å²) in [7, 11) is 0. The highest BCUT2D eigenvalue weighted by molar-refractivity contribution is 5.89. The predicted octanol–water partition coefficient (Wildman–Crippen LogP) is 1.12. The summed E-state index contributed by atoms with van der Waals surface area (Å²) in [5.74, 6) is -1.35. The van der Waals surface area contributed by atoms with E-state index in [9.17, 15) is 19.5 Å². The van der Waals surface area contributed by atoms with E-state index >= 15 is 0 Å². The highest BCUT2D eigenvalue weighted by atomic mass is 16.6. The van der Waals surface area contributed by atoms with E-state index in [4.69, 9.17) is 9.47 Å². The molecule has 0 aromatic heterocycles. The Morgan fingerprint density at radius 2 is 1.73 bits per heavy atom. The zero-order valence-corrected chi connectivity index (χ0v) is 15.4. The van der Waals surface area contributed by atoms with Gasteiger partial charge in [0.05, 0.1) is 6.61 Å². The fourth-order valence-electron chi connectivity index (χ4n) is 1.87. The van der Waals surface area contributed by atoms with Crippen LogP contribution in [0.25, 0.3) is 0 Å². The first-order valence-corrected chi connectivity index (χ1v) is 8.23. The van der Waals surface area contributed by atoms with Gasteiger partial charge in [0, 0.05) is 0 Å². The Kier molecular flexibility index (Phi) is 8.05. The number of aliphatic hydroxyl groups is 1. The molecule has 1 rings (SSSR count). The van der Waals surface area contributed by atoms with Gasteiger partial charge in [-0.05, 0) is 33.3 Å². The minimum absolute atomic E-state index is 0.0828. The van der Waals surface area contributed by atoms with Gasteiger partial charge in [-0.25, -0.2) is 9.59 Å². The number of aliphatic hydroxyl groups excluding tert-OH is 1. The number of ether oxygens (including phenoxy) is 2. The van der Waals surface area contributed by atoms with Crippen molar-refractivity contribution >= 4 is 18.0 Å². The minimum Gasteiger partial charge on any atom is -0.459 e. The molecule has 3 N–H and O–H groups in total. The van der Waals surface area contributed by atoms with Crippen LogP contribution < -0.4 is 10.6 Å². The molecule has 0 aliphatic carbocycles. The van der Waals surface area contributed by atoms with Crippen molar-refractivity contribution in [1.29, 1.82) is 0 Å². The van der Waals surface area contributed by atoms with Gasteiger partial charge in [0.2, 0.25) is 5.91 Å². The SMILES string of the molecule is C[C@@H](NC(=O)[C@@H](CO)NC(=O)OC(C)(C)C)C(=O)OCc1ccccc1. The fraction of sp³-hybridized carbons (Fsp3) is 0.500. The molecule has 0 saturated heterocycles. The Morgan fingerprint density at radius 1 is 1.12 bits per heavy atom. The second-order valence-corrected chi connectivity index (χ2v) is 6.70. The molecule has 1 aromatic rings. The number of benzene rings is 1. The second kappa shape index (κ2) is 9.76. The maximum atomic E-state index is 12.1. The molecule has 2 amide bonds. The smallest absolute Gasteiger partial charge is 0.408 e. The van der Waals surface area contributed by atoms with Gasteiger partial charge in [0.1, 0.15) is 24.3 Å². The van der Waals surface area contributed by atoms with Gasteiger partial charge in [-0.2, -0.15) is 0 Å². The molecule has 1 aromatic carbocycles. The third-order valence-electron chi connectivity index (χ3n) is 3.13. The fourth-order valence-corrected chi connectivity index (χ4v) is 1.87. The van der Waals surface area contributed by atoms with Gasteiger partial charge in [0.25, 0.3) is 0 Å². The van der Waals surface area contributed by atoms with Crippen LogP contribution >= 0.6 is 0 Å². The lowest BCUT2D eigenvalue weighted by Crippen LogP contribution is -2.53. The van der Waals surface area contributed by atoms with E-state index < -0.39 is 42.3 Å². The molecule has 0 bridgehead atoms. The Bertz CT molecular complexity index is 612. The van der Waals surface area contributed by atoms with Gasteiger partial charge in [-0.15, -0.1) is 0 Å². The molecule has 0 heterocycles. The summed E-state index contributed by atoms with van der Waals surface area (Å²) in [6, 6.07) is 6.92. The largest absolute Gasteiger partial charge is 0.459 e. The van der Waals surface area contributed by atoms with E-state index in [0.717, 1.165) is 5.56 Å². The van der Waals surface area contributed by atoms with Gasteiger partial charge in [-0.3, -0.25) is 4.79 Å². The Labute approximate surface area is 152 Å². The predicted molar refractivity (Wildman–Crippen MR) is 94.1 cm³/mol. The average Bonchev–Trinajstić information content (AvgIpc) is 2.56. The summed E-state index contributed by atoms with van der Waals surface area (Å²) >= 11 is 0. The topological polar surface area (TPSA) is 114 Å². The molecule has 0 radical (unpaired) electrons. The number of rotatable bonds is 7. The van der Waals surface area contributed by atoms with Crippen LogP contribution in [0.1, 0.15) is 33.3 Å². The van der Waals surface area contributed by atoms with E-state index in [-0.39, 0.29) is 6.61 Å². The molecule has 0 saturated carbocycles. The van der Waals surface area contributed by atoms with Crippen molar-refractivity contribution in [3.8, 4) is 0 Å². The number of hydrogen-bond acceptors (Lipinski definition) is 6. The quantitative estimate of drug-likeness (QED) is 0.623. The van der Waals surface area contributed by atoms with Crippen molar-refractivity contribution in [3.63, 3.8) is 0 Å². The monoisotopic (exact) mass is 366 g/mol. The number of alkyl carbamates (subject to hydrolysis) is 1. The number of hydrogen-bond donors (Lipinski definition) is 3. The first kappa shape index (κ1) is 21.4.